The summed E-state index contributed by atoms with van der Waals surface area (Å²) < 4.78 is 11.2. The van der Waals surface area contributed by atoms with Gasteiger partial charge >= 0.3 is 0 Å². The van der Waals surface area contributed by atoms with Gasteiger partial charge in [0, 0.05) is 16.6 Å². The minimum absolute atomic E-state index is 0.102. The van der Waals surface area contributed by atoms with E-state index >= 15 is 0 Å². The molecule has 2 rings (SSSR count). The summed E-state index contributed by atoms with van der Waals surface area (Å²) in [5.41, 5.74) is 7.06. The lowest BCUT2D eigenvalue weighted by Crippen LogP contribution is -2.29. The monoisotopic (exact) mass is 279 g/mol. The minimum atomic E-state index is -0.233. The number of ether oxygens (including phenoxy) is 1. The van der Waals surface area contributed by atoms with Gasteiger partial charge in [-0.15, -0.1) is 0 Å². The van der Waals surface area contributed by atoms with Crippen molar-refractivity contribution in [2.45, 2.75) is 32.1 Å². The Morgan fingerprint density at radius 1 is 1.26 bits per heavy atom. The van der Waals surface area contributed by atoms with Crippen LogP contribution < -0.4 is 5.73 Å². The molecule has 0 aliphatic heterocycles. The molecule has 3 nitrogen and oxygen atoms in total. The Morgan fingerprint density at radius 3 is 2.68 bits per heavy atom. The lowest BCUT2D eigenvalue weighted by Gasteiger charge is -2.24. The van der Waals surface area contributed by atoms with Crippen molar-refractivity contribution >= 4 is 11.6 Å². The summed E-state index contributed by atoms with van der Waals surface area (Å²) in [5.74, 6) is 0.778. The Hall–Kier alpha value is -1.29. The SMILES string of the molecule is CCC(N)C(OCc1ccco1)c1ccccc1Cl. The summed E-state index contributed by atoms with van der Waals surface area (Å²) >= 11 is 6.22. The van der Waals surface area contributed by atoms with Crippen LogP contribution in [0.25, 0.3) is 0 Å². The predicted molar refractivity (Wildman–Crippen MR) is 76.0 cm³/mol. The molecule has 0 aliphatic rings. The van der Waals surface area contributed by atoms with Gasteiger partial charge in [-0.1, -0.05) is 36.7 Å². The Bertz CT molecular complexity index is 499. The molecule has 0 spiro atoms. The third kappa shape index (κ3) is 3.60. The lowest BCUT2D eigenvalue weighted by atomic mass is 10.0. The molecule has 2 aromatic rings. The first-order chi connectivity index (χ1) is 9.22. The van der Waals surface area contributed by atoms with Gasteiger partial charge < -0.3 is 14.9 Å². The summed E-state index contributed by atoms with van der Waals surface area (Å²) in [7, 11) is 0. The molecular weight excluding hydrogens is 262 g/mol. The second kappa shape index (κ2) is 6.75. The Kier molecular flexibility index (Phi) is 5.02. The average Bonchev–Trinajstić information content (AvgIpc) is 2.93. The van der Waals surface area contributed by atoms with Gasteiger partial charge in [-0.25, -0.2) is 0 Å². The van der Waals surface area contributed by atoms with Gasteiger partial charge in [-0.2, -0.15) is 0 Å². The van der Waals surface area contributed by atoms with Crippen molar-refractivity contribution in [2.75, 3.05) is 0 Å². The number of hydrogen-bond donors (Lipinski definition) is 1. The summed E-state index contributed by atoms with van der Waals surface area (Å²) in [4.78, 5) is 0. The molecule has 0 radical (unpaired) electrons. The first kappa shape index (κ1) is 14.1. The number of furan rings is 1. The van der Waals surface area contributed by atoms with Gasteiger partial charge in [0.05, 0.1) is 12.4 Å². The van der Waals surface area contributed by atoms with Gasteiger partial charge in [0.15, 0.2) is 0 Å². The van der Waals surface area contributed by atoms with Gasteiger partial charge in [-0.05, 0) is 24.6 Å². The van der Waals surface area contributed by atoms with Crippen molar-refractivity contribution in [1.29, 1.82) is 0 Å². The quantitative estimate of drug-likeness (QED) is 0.871. The van der Waals surface area contributed by atoms with Crippen LogP contribution in [0.15, 0.2) is 47.1 Å². The van der Waals surface area contributed by atoms with Crippen LogP contribution in [0.1, 0.15) is 30.8 Å². The van der Waals surface area contributed by atoms with Crippen LogP contribution >= 0.6 is 11.6 Å². The number of halogens is 1. The number of hydrogen-bond acceptors (Lipinski definition) is 3. The molecule has 1 aromatic heterocycles. The van der Waals surface area contributed by atoms with Crippen LogP contribution in [-0.2, 0) is 11.3 Å². The van der Waals surface area contributed by atoms with Crippen LogP contribution in [0.3, 0.4) is 0 Å². The van der Waals surface area contributed by atoms with E-state index in [1.165, 1.54) is 0 Å². The molecule has 2 N–H and O–H groups in total. The molecule has 0 aliphatic carbocycles. The third-order valence-corrected chi connectivity index (χ3v) is 3.40. The summed E-state index contributed by atoms with van der Waals surface area (Å²) in [6, 6.07) is 11.2. The predicted octanol–water partition coefficient (Wildman–Crippen LogP) is 3.93. The van der Waals surface area contributed by atoms with E-state index in [0.29, 0.717) is 11.6 Å². The lowest BCUT2D eigenvalue weighted by molar-refractivity contribution is 0.0127. The van der Waals surface area contributed by atoms with Gasteiger partial charge in [0.2, 0.25) is 0 Å². The van der Waals surface area contributed by atoms with E-state index in [-0.39, 0.29) is 12.1 Å². The first-order valence-corrected chi connectivity index (χ1v) is 6.74. The zero-order valence-corrected chi connectivity index (χ0v) is 11.6. The molecule has 2 atom stereocenters. The highest BCUT2D eigenvalue weighted by Crippen LogP contribution is 2.29. The van der Waals surface area contributed by atoms with E-state index in [0.717, 1.165) is 17.7 Å². The minimum Gasteiger partial charge on any atom is -0.467 e. The van der Waals surface area contributed by atoms with E-state index in [4.69, 9.17) is 26.5 Å². The molecule has 0 fully saturated rings. The van der Waals surface area contributed by atoms with Crippen molar-refractivity contribution in [3.63, 3.8) is 0 Å². The maximum Gasteiger partial charge on any atom is 0.129 e. The van der Waals surface area contributed by atoms with Crippen molar-refractivity contribution in [2.24, 2.45) is 5.73 Å². The second-order valence-electron chi connectivity index (χ2n) is 4.40. The number of nitrogens with two attached hydrogens (primary N) is 1. The Balaban J connectivity index is 2.14. The molecule has 2 unspecified atom stereocenters. The summed E-state index contributed by atoms with van der Waals surface area (Å²) in [6.45, 7) is 2.42. The van der Waals surface area contributed by atoms with Crippen LogP contribution in [0.2, 0.25) is 5.02 Å². The van der Waals surface area contributed by atoms with Crippen LogP contribution in [0, 0.1) is 0 Å². The maximum atomic E-state index is 6.22. The average molecular weight is 280 g/mol. The van der Waals surface area contributed by atoms with E-state index in [1.54, 1.807) is 6.26 Å². The number of benzene rings is 1. The molecule has 102 valence electrons. The van der Waals surface area contributed by atoms with Gasteiger partial charge in [0.1, 0.15) is 12.4 Å². The fraction of sp³-hybridized carbons (Fsp3) is 0.333. The van der Waals surface area contributed by atoms with E-state index < -0.39 is 0 Å². The van der Waals surface area contributed by atoms with Gasteiger partial charge in [0.25, 0.3) is 0 Å². The fourth-order valence-electron chi connectivity index (χ4n) is 1.93. The second-order valence-corrected chi connectivity index (χ2v) is 4.81. The molecule has 0 saturated heterocycles. The number of rotatable bonds is 6. The standard InChI is InChI=1S/C15H18ClNO2/c1-2-14(17)15(12-7-3-4-8-13(12)16)19-10-11-6-5-9-18-11/h3-9,14-15H,2,10,17H2,1H3. The zero-order valence-electron chi connectivity index (χ0n) is 10.9. The van der Waals surface area contributed by atoms with E-state index in [9.17, 15) is 0 Å². The Labute approximate surface area is 118 Å². The highest BCUT2D eigenvalue weighted by molar-refractivity contribution is 6.31. The van der Waals surface area contributed by atoms with Crippen molar-refractivity contribution in [3.05, 3.63) is 59.0 Å². The first-order valence-electron chi connectivity index (χ1n) is 6.36. The molecule has 0 amide bonds. The maximum absolute atomic E-state index is 6.22. The van der Waals surface area contributed by atoms with Crippen molar-refractivity contribution in [1.82, 2.24) is 0 Å². The molecule has 0 bridgehead atoms. The molecule has 1 aromatic carbocycles. The van der Waals surface area contributed by atoms with Crippen LogP contribution in [0.4, 0.5) is 0 Å². The van der Waals surface area contributed by atoms with E-state index in [2.05, 4.69) is 0 Å². The summed E-state index contributed by atoms with van der Waals surface area (Å²) in [6.07, 6.45) is 2.21. The normalized spacial score (nSPS) is 14.3. The van der Waals surface area contributed by atoms with Gasteiger partial charge in [-0.3, -0.25) is 0 Å². The fourth-order valence-corrected chi connectivity index (χ4v) is 2.17. The highest BCUT2D eigenvalue weighted by atomic mass is 35.5. The molecule has 4 heteroatoms. The largest absolute Gasteiger partial charge is 0.467 e. The topological polar surface area (TPSA) is 48.4 Å². The highest BCUT2D eigenvalue weighted by Gasteiger charge is 2.21. The van der Waals surface area contributed by atoms with Crippen LogP contribution in [-0.4, -0.2) is 6.04 Å². The smallest absolute Gasteiger partial charge is 0.129 e. The zero-order chi connectivity index (χ0) is 13.7. The third-order valence-electron chi connectivity index (χ3n) is 3.06. The van der Waals surface area contributed by atoms with Crippen LogP contribution in [0.5, 0.6) is 0 Å². The molecular formula is C15H18ClNO2. The van der Waals surface area contributed by atoms with Crippen molar-refractivity contribution < 1.29 is 9.15 Å². The Morgan fingerprint density at radius 2 is 2.05 bits per heavy atom. The van der Waals surface area contributed by atoms with Crippen molar-refractivity contribution in [3.8, 4) is 0 Å². The summed E-state index contributed by atoms with van der Waals surface area (Å²) in [5, 5.41) is 0.677. The molecule has 0 saturated carbocycles. The molecule has 19 heavy (non-hydrogen) atoms. The molecule has 1 heterocycles. The van der Waals surface area contributed by atoms with E-state index in [1.807, 2.05) is 43.3 Å².